The molecule has 6 nitrogen and oxygen atoms in total. The van der Waals surface area contributed by atoms with Crippen LogP contribution in [-0.2, 0) is 7.05 Å². The van der Waals surface area contributed by atoms with Gasteiger partial charge in [0.1, 0.15) is 0 Å². The summed E-state index contributed by atoms with van der Waals surface area (Å²) >= 11 is 0. The Balaban J connectivity index is 2.56. The van der Waals surface area contributed by atoms with Crippen molar-refractivity contribution >= 4 is 11.6 Å². The highest BCUT2D eigenvalue weighted by Gasteiger charge is 2.14. The first-order valence-corrected chi connectivity index (χ1v) is 5.15. The molecule has 16 heavy (non-hydrogen) atoms. The average Bonchev–Trinajstić information content (AvgIpc) is 2.53. The molecule has 0 fully saturated rings. The van der Waals surface area contributed by atoms with Crippen LogP contribution in [0.3, 0.4) is 0 Å². The van der Waals surface area contributed by atoms with Gasteiger partial charge in [0.25, 0.3) is 5.91 Å². The van der Waals surface area contributed by atoms with E-state index in [0.717, 1.165) is 0 Å². The first-order chi connectivity index (χ1) is 7.41. The summed E-state index contributed by atoms with van der Waals surface area (Å²) < 4.78 is 1.53. The predicted octanol–water partition coefficient (Wildman–Crippen LogP) is -0.318. The molecule has 1 amide bonds. The van der Waals surface area contributed by atoms with Gasteiger partial charge >= 0.3 is 0 Å². The number of hydrogen-bond donors (Lipinski definition) is 2. The zero-order valence-corrected chi connectivity index (χ0v) is 10.2. The molecule has 90 valence electrons. The van der Waals surface area contributed by atoms with Crippen LogP contribution in [0, 0.1) is 0 Å². The molecule has 0 saturated carbocycles. The summed E-state index contributed by atoms with van der Waals surface area (Å²) in [7, 11) is 5.66. The van der Waals surface area contributed by atoms with Crippen molar-refractivity contribution in [2.24, 2.45) is 7.05 Å². The van der Waals surface area contributed by atoms with Crippen LogP contribution in [0.25, 0.3) is 0 Å². The molecule has 1 unspecified atom stereocenters. The number of nitrogens with zero attached hydrogens (tertiary/aromatic N) is 3. The number of amides is 1. The van der Waals surface area contributed by atoms with Gasteiger partial charge in [-0.2, -0.15) is 5.10 Å². The van der Waals surface area contributed by atoms with Crippen molar-refractivity contribution in [1.29, 1.82) is 0 Å². The molecule has 3 N–H and O–H groups in total. The van der Waals surface area contributed by atoms with Gasteiger partial charge in [0, 0.05) is 25.8 Å². The lowest BCUT2D eigenvalue weighted by Gasteiger charge is -2.19. The minimum Gasteiger partial charge on any atom is -0.396 e. The molecule has 1 aromatic heterocycles. The summed E-state index contributed by atoms with van der Waals surface area (Å²) in [6.07, 6.45) is 1.62. The van der Waals surface area contributed by atoms with Crippen molar-refractivity contribution in [3.8, 4) is 0 Å². The number of nitrogens with one attached hydrogen (secondary N) is 1. The van der Waals surface area contributed by atoms with E-state index in [1.54, 1.807) is 13.2 Å². The Labute approximate surface area is 95.4 Å². The van der Waals surface area contributed by atoms with E-state index < -0.39 is 0 Å². The molecular weight excluding hydrogens is 206 g/mol. The maximum absolute atomic E-state index is 11.7. The topological polar surface area (TPSA) is 76.2 Å². The highest BCUT2D eigenvalue weighted by molar-refractivity contribution is 5.96. The summed E-state index contributed by atoms with van der Waals surface area (Å²) in [4.78, 5) is 13.8. The molecule has 6 heteroatoms. The van der Waals surface area contributed by atoms with E-state index in [1.165, 1.54) is 4.68 Å². The quantitative estimate of drug-likeness (QED) is 0.736. The molecule has 0 spiro atoms. The van der Waals surface area contributed by atoms with Crippen LogP contribution in [0.4, 0.5) is 5.69 Å². The van der Waals surface area contributed by atoms with E-state index in [0.29, 0.717) is 12.2 Å². The third kappa shape index (κ3) is 2.96. The SMILES string of the molecule is CC(CNC(=O)c1nn(C)cc1N)N(C)C. The Kier molecular flexibility index (Phi) is 3.89. The van der Waals surface area contributed by atoms with Crippen LogP contribution in [0.2, 0.25) is 0 Å². The van der Waals surface area contributed by atoms with E-state index in [2.05, 4.69) is 10.4 Å². The molecule has 0 aliphatic heterocycles. The summed E-state index contributed by atoms with van der Waals surface area (Å²) in [5.74, 6) is -0.230. The number of hydrogen-bond acceptors (Lipinski definition) is 4. The third-order valence-electron chi connectivity index (χ3n) is 2.51. The number of likely N-dealkylation sites (N-methyl/N-ethyl adjacent to an activating group) is 1. The number of nitrogen functional groups attached to an aromatic ring is 1. The molecule has 0 aliphatic rings. The van der Waals surface area contributed by atoms with Gasteiger partial charge in [0.15, 0.2) is 5.69 Å². The second-order valence-electron chi connectivity index (χ2n) is 4.13. The van der Waals surface area contributed by atoms with Gasteiger partial charge < -0.3 is 16.0 Å². The number of nitrogens with two attached hydrogens (primary N) is 1. The zero-order chi connectivity index (χ0) is 12.3. The molecule has 0 bridgehead atoms. The number of carbonyl (C=O) groups is 1. The Hall–Kier alpha value is -1.56. The number of anilines is 1. The van der Waals surface area contributed by atoms with E-state index >= 15 is 0 Å². The number of aryl methyl sites for hydroxylation is 1. The fraction of sp³-hybridized carbons (Fsp3) is 0.600. The highest BCUT2D eigenvalue weighted by Crippen LogP contribution is 2.07. The van der Waals surface area contributed by atoms with Gasteiger partial charge in [-0.05, 0) is 21.0 Å². The normalized spacial score (nSPS) is 12.8. The first kappa shape index (κ1) is 12.5. The van der Waals surface area contributed by atoms with Crippen LogP contribution >= 0.6 is 0 Å². The van der Waals surface area contributed by atoms with Crippen LogP contribution in [-0.4, -0.2) is 47.3 Å². The Morgan fingerprint density at radius 3 is 2.75 bits per heavy atom. The van der Waals surface area contributed by atoms with Crippen molar-refractivity contribution in [2.45, 2.75) is 13.0 Å². The maximum Gasteiger partial charge on any atom is 0.273 e. The lowest BCUT2D eigenvalue weighted by molar-refractivity contribution is 0.0939. The van der Waals surface area contributed by atoms with Crippen molar-refractivity contribution < 1.29 is 4.79 Å². The van der Waals surface area contributed by atoms with Crippen molar-refractivity contribution in [3.05, 3.63) is 11.9 Å². The molecule has 0 aliphatic carbocycles. The Morgan fingerprint density at radius 1 is 1.69 bits per heavy atom. The van der Waals surface area contributed by atoms with Crippen LogP contribution < -0.4 is 11.1 Å². The maximum atomic E-state index is 11.7. The number of rotatable bonds is 4. The number of carbonyl (C=O) groups excluding carboxylic acids is 1. The molecular formula is C10H19N5O. The van der Waals surface area contributed by atoms with Gasteiger partial charge in [-0.15, -0.1) is 0 Å². The fourth-order valence-corrected chi connectivity index (χ4v) is 1.19. The fourth-order valence-electron chi connectivity index (χ4n) is 1.19. The minimum atomic E-state index is -0.230. The molecule has 1 heterocycles. The predicted molar refractivity (Wildman–Crippen MR) is 63.1 cm³/mol. The van der Waals surface area contributed by atoms with Gasteiger partial charge in [0.05, 0.1) is 5.69 Å². The largest absolute Gasteiger partial charge is 0.396 e. The minimum absolute atomic E-state index is 0.230. The van der Waals surface area contributed by atoms with Crippen LogP contribution in [0.15, 0.2) is 6.20 Å². The summed E-state index contributed by atoms with van der Waals surface area (Å²) in [6.45, 7) is 2.60. The Bertz CT molecular complexity index is 371. The van der Waals surface area contributed by atoms with Crippen LogP contribution in [0.5, 0.6) is 0 Å². The van der Waals surface area contributed by atoms with Gasteiger partial charge in [-0.25, -0.2) is 0 Å². The van der Waals surface area contributed by atoms with Gasteiger partial charge in [-0.1, -0.05) is 0 Å². The second-order valence-corrected chi connectivity index (χ2v) is 4.13. The summed E-state index contributed by atoms with van der Waals surface area (Å²) in [5, 5.41) is 6.80. The first-order valence-electron chi connectivity index (χ1n) is 5.15. The lowest BCUT2D eigenvalue weighted by atomic mass is 10.3. The van der Waals surface area contributed by atoms with Gasteiger partial charge in [-0.3, -0.25) is 9.48 Å². The molecule has 1 aromatic rings. The third-order valence-corrected chi connectivity index (χ3v) is 2.51. The average molecular weight is 225 g/mol. The van der Waals surface area contributed by atoms with E-state index in [-0.39, 0.29) is 17.6 Å². The molecule has 0 aromatic carbocycles. The summed E-state index contributed by atoms with van der Waals surface area (Å²) in [6, 6.07) is 0.272. The summed E-state index contributed by atoms with van der Waals surface area (Å²) in [5.41, 5.74) is 6.34. The standard InChI is InChI=1S/C10H19N5O/c1-7(14(2)3)5-12-10(16)9-8(11)6-15(4)13-9/h6-7H,5,11H2,1-4H3,(H,12,16). The van der Waals surface area contributed by atoms with Crippen molar-refractivity contribution in [1.82, 2.24) is 20.0 Å². The van der Waals surface area contributed by atoms with E-state index in [9.17, 15) is 4.79 Å². The Morgan fingerprint density at radius 2 is 2.31 bits per heavy atom. The van der Waals surface area contributed by atoms with E-state index in [1.807, 2.05) is 25.9 Å². The van der Waals surface area contributed by atoms with Gasteiger partial charge in [0.2, 0.25) is 0 Å². The highest BCUT2D eigenvalue weighted by atomic mass is 16.2. The van der Waals surface area contributed by atoms with Crippen LogP contribution in [0.1, 0.15) is 17.4 Å². The van der Waals surface area contributed by atoms with Crippen molar-refractivity contribution in [2.75, 3.05) is 26.4 Å². The monoisotopic (exact) mass is 225 g/mol. The molecule has 0 radical (unpaired) electrons. The molecule has 1 atom stereocenters. The number of aromatic nitrogens is 2. The smallest absolute Gasteiger partial charge is 0.273 e. The van der Waals surface area contributed by atoms with E-state index in [4.69, 9.17) is 5.73 Å². The second kappa shape index (κ2) is 4.98. The van der Waals surface area contributed by atoms with Crippen molar-refractivity contribution in [3.63, 3.8) is 0 Å². The molecule has 1 rings (SSSR count). The lowest BCUT2D eigenvalue weighted by Crippen LogP contribution is -2.38. The zero-order valence-electron chi connectivity index (χ0n) is 10.2. The molecule has 0 saturated heterocycles.